The molecule has 0 saturated heterocycles. The highest BCUT2D eigenvalue weighted by molar-refractivity contribution is 7.92. The largest absolute Gasteiger partial charge is 0.490 e. The lowest BCUT2D eigenvalue weighted by Gasteiger charge is -2.30. The van der Waals surface area contributed by atoms with E-state index in [4.69, 9.17) is 9.47 Å². The van der Waals surface area contributed by atoms with Crippen molar-refractivity contribution in [3.05, 3.63) is 83.4 Å². The molecule has 3 aromatic rings. The van der Waals surface area contributed by atoms with Crippen molar-refractivity contribution < 1.29 is 22.7 Å². The Morgan fingerprint density at radius 1 is 0.912 bits per heavy atom. The smallest absolute Gasteiger partial charge is 0.261 e. The number of sulfonamides is 1. The fourth-order valence-electron chi connectivity index (χ4n) is 3.99. The summed E-state index contributed by atoms with van der Waals surface area (Å²) in [6.45, 7) is 5.93. The summed E-state index contributed by atoms with van der Waals surface area (Å²) in [6, 6.07) is 18.7. The van der Waals surface area contributed by atoms with Crippen molar-refractivity contribution in [2.75, 3.05) is 24.5 Å². The van der Waals surface area contributed by atoms with E-state index in [1.54, 1.807) is 47.4 Å². The maximum atomic E-state index is 13.3. The highest BCUT2D eigenvalue weighted by Gasteiger charge is 2.24. The van der Waals surface area contributed by atoms with E-state index in [1.165, 1.54) is 12.1 Å². The molecule has 3 aromatic carbocycles. The molecule has 0 saturated carbocycles. The van der Waals surface area contributed by atoms with Gasteiger partial charge in [0.25, 0.3) is 15.9 Å². The maximum Gasteiger partial charge on any atom is 0.261 e. The fourth-order valence-corrected chi connectivity index (χ4v) is 5.06. The van der Waals surface area contributed by atoms with E-state index >= 15 is 0 Å². The van der Waals surface area contributed by atoms with Gasteiger partial charge in [0.1, 0.15) is 0 Å². The summed E-state index contributed by atoms with van der Waals surface area (Å²) in [5.41, 5.74) is 2.92. The van der Waals surface area contributed by atoms with Crippen LogP contribution < -0.4 is 14.2 Å². The van der Waals surface area contributed by atoms with Crippen molar-refractivity contribution in [1.29, 1.82) is 0 Å². The molecular formula is C26H28N2O5S. The van der Waals surface area contributed by atoms with Crippen LogP contribution in [0.25, 0.3) is 0 Å². The number of rotatable bonds is 8. The van der Waals surface area contributed by atoms with E-state index in [0.717, 1.165) is 16.9 Å². The Hall–Kier alpha value is -3.52. The molecule has 0 fully saturated rings. The average molecular weight is 481 g/mol. The average Bonchev–Trinajstić information content (AvgIpc) is 2.84. The zero-order valence-corrected chi connectivity index (χ0v) is 20.1. The molecule has 0 spiro atoms. The van der Waals surface area contributed by atoms with Crippen LogP contribution in [-0.2, 0) is 23.0 Å². The zero-order chi connectivity index (χ0) is 24.1. The quantitative estimate of drug-likeness (QED) is 0.514. The van der Waals surface area contributed by atoms with Gasteiger partial charge in [0, 0.05) is 24.3 Å². The van der Waals surface area contributed by atoms with Gasteiger partial charge in [-0.05, 0) is 73.9 Å². The van der Waals surface area contributed by atoms with Gasteiger partial charge in [0.2, 0.25) is 0 Å². The molecule has 0 unspecified atom stereocenters. The highest BCUT2D eigenvalue weighted by Crippen LogP contribution is 2.34. The second-order valence-electron chi connectivity index (χ2n) is 7.91. The van der Waals surface area contributed by atoms with Crippen molar-refractivity contribution in [2.24, 2.45) is 0 Å². The number of carbonyl (C=O) groups excluding carboxylic acids is 1. The zero-order valence-electron chi connectivity index (χ0n) is 19.3. The van der Waals surface area contributed by atoms with Crippen molar-refractivity contribution in [2.45, 2.75) is 31.7 Å². The third kappa shape index (κ3) is 5.17. The normalized spacial score (nSPS) is 13.2. The molecule has 1 N–H and O–H groups in total. The predicted octanol–water partition coefficient (Wildman–Crippen LogP) is 4.48. The summed E-state index contributed by atoms with van der Waals surface area (Å²) in [6.07, 6.45) is 0.702. The van der Waals surface area contributed by atoms with Crippen LogP contribution in [0.4, 0.5) is 5.69 Å². The van der Waals surface area contributed by atoms with Gasteiger partial charge >= 0.3 is 0 Å². The lowest BCUT2D eigenvalue weighted by molar-refractivity contribution is 0.0734. The summed E-state index contributed by atoms with van der Waals surface area (Å²) in [7, 11) is -3.74. The van der Waals surface area contributed by atoms with Crippen molar-refractivity contribution in [3.63, 3.8) is 0 Å². The summed E-state index contributed by atoms with van der Waals surface area (Å²) in [5.74, 6) is 1.24. The van der Waals surface area contributed by atoms with Gasteiger partial charge in [-0.1, -0.05) is 24.3 Å². The minimum atomic E-state index is -3.74. The third-order valence-electron chi connectivity index (χ3n) is 5.58. The van der Waals surface area contributed by atoms with Crippen LogP contribution in [0, 0.1) is 0 Å². The van der Waals surface area contributed by atoms with Gasteiger partial charge in [0.15, 0.2) is 11.5 Å². The van der Waals surface area contributed by atoms with Crippen LogP contribution in [0.15, 0.2) is 71.6 Å². The van der Waals surface area contributed by atoms with E-state index in [2.05, 4.69) is 4.72 Å². The van der Waals surface area contributed by atoms with Gasteiger partial charge in [-0.25, -0.2) is 8.42 Å². The van der Waals surface area contributed by atoms with Crippen molar-refractivity contribution in [1.82, 2.24) is 4.90 Å². The summed E-state index contributed by atoms with van der Waals surface area (Å²) < 4.78 is 39.3. The molecule has 1 amide bonds. The number of amides is 1. The Balaban J connectivity index is 1.53. The summed E-state index contributed by atoms with van der Waals surface area (Å²) >= 11 is 0. The first-order chi connectivity index (χ1) is 16.4. The number of benzene rings is 3. The lowest BCUT2D eigenvalue weighted by atomic mass is 9.98. The standard InChI is InChI=1S/C26H28N2O5S/c1-3-32-24-16-19-13-14-28(18-21(19)17-25(24)33-4-2)26(29)20-9-8-10-22(15-20)27-34(30,31)23-11-6-5-7-12-23/h5-12,15-17,27H,3-4,13-14,18H2,1-2H3. The Morgan fingerprint density at radius 2 is 1.59 bits per heavy atom. The van der Waals surface area contributed by atoms with Crippen molar-refractivity contribution in [3.8, 4) is 11.5 Å². The highest BCUT2D eigenvalue weighted by atomic mass is 32.2. The Morgan fingerprint density at radius 3 is 2.26 bits per heavy atom. The number of hydrogen-bond donors (Lipinski definition) is 1. The fraction of sp³-hybridized carbons (Fsp3) is 0.269. The maximum absolute atomic E-state index is 13.3. The molecular weight excluding hydrogens is 452 g/mol. The molecule has 7 nitrogen and oxygen atoms in total. The molecule has 0 atom stereocenters. The van der Waals surface area contributed by atoms with Gasteiger partial charge < -0.3 is 14.4 Å². The van der Waals surface area contributed by atoms with E-state index in [-0.39, 0.29) is 10.8 Å². The number of carbonyl (C=O) groups is 1. The summed E-state index contributed by atoms with van der Waals surface area (Å²) in [5, 5.41) is 0. The van der Waals surface area contributed by atoms with Crippen LogP contribution in [-0.4, -0.2) is 39.0 Å². The Bertz CT molecular complexity index is 1280. The SMILES string of the molecule is CCOc1cc2c(cc1OCC)CN(C(=O)c1cccc(NS(=O)(=O)c3ccccc3)c1)CC2. The van der Waals surface area contributed by atoms with Crippen LogP contribution in [0.5, 0.6) is 11.5 Å². The minimum Gasteiger partial charge on any atom is -0.490 e. The number of hydrogen-bond acceptors (Lipinski definition) is 5. The molecule has 1 heterocycles. The molecule has 34 heavy (non-hydrogen) atoms. The van der Waals surface area contributed by atoms with E-state index < -0.39 is 10.0 Å². The molecule has 178 valence electrons. The molecule has 1 aliphatic heterocycles. The topological polar surface area (TPSA) is 84.9 Å². The van der Waals surface area contributed by atoms with E-state index in [9.17, 15) is 13.2 Å². The van der Waals surface area contributed by atoms with Gasteiger partial charge in [-0.15, -0.1) is 0 Å². The lowest BCUT2D eigenvalue weighted by Crippen LogP contribution is -2.36. The predicted molar refractivity (Wildman–Crippen MR) is 131 cm³/mol. The van der Waals surface area contributed by atoms with E-state index in [0.29, 0.717) is 49.7 Å². The Labute approximate surface area is 200 Å². The van der Waals surface area contributed by atoms with Crippen LogP contribution in [0.3, 0.4) is 0 Å². The molecule has 0 aromatic heterocycles. The van der Waals surface area contributed by atoms with Crippen LogP contribution in [0.2, 0.25) is 0 Å². The number of nitrogens with zero attached hydrogens (tertiary/aromatic N) is 1. The molecule has 1 aliphatic rings. The first kappa shape index (κ1) is 23.6. The molecule has 0 bridgehead atoms. The third-order valence-corrected chi connectivity index (χ3v) is 6.98. The molecule has 8 heteroatoms. The second-order valence-corrected chi connectivity index (χ2v) is 9.59. The van der Waals surface area contributed by atoms with Crippen molar-refractivity contribution >= 4 is 21.6 Å². The van der Waals surface area contributed by atoms with Gasteiger partial charge in [-0.3, -0.25) is 9.52 Å². The first-order valence-electron chi connectivity index (χ1n) is 11.3. The number of nitrogens with one attached hydrogen (secondary N) is 1. The first-order valence-corrected chi connectivity index (χ1v) is 12.8. The minimum absolute atomic E-state index is 0.154. The number of fused-ring (bicyclic) bond motifs is 1. The van der Waals surface area contributed by atoms with E-state index in [1.807, 2.05) is 26.0 Å². The van der Waals surface area contributed by atoms with Crippen LogP contribution >= 0.6 is 0 Å². The second kappa shape index (κ2) is 10.2. The number of ether oxygens (including phenoxy) is 2. The van der Waals surface area contributed by atoms with Crippen LogP contribution in [0.1, 0.15) is 35.3 Å². The molecule has 0 radical (unpaired) electrons. The van der Waals surface area contributed by atoms with Gasteiger partial charge in [0.05, 0.1) is 18.1 Å². The monoisotopic (exact) mass is 480 g/mol. The molecule has 0 aliphatic carbocycles. The van der Waals surface area contributed by atoms with Gasteiger partial charge in [-0.2, -0.15) is 0 Å². The molecule has 4 rings (SSSR count). The summed E-state index contributed by atoms with van der Waals surface area (Å²) in [4.78, 5) is 15.2. The Kier molecular flexibility index (Phi) is 7.07. The number of anilines is 1.